The zero-order valence-electron chi connectivity index (χ0n) is 34.5. The summed E-state index contributed by atoms with van der Waals surface area (Å²) in [5.74, 6) is -3.31. The molecule has 0 saturated heterocycles. The number of carbonyl (C=O) groups is 2. The maximum Gasteiger partial charge on any atom is 0.311 e. The second kappa shape index (κ2) is 16.2. The molecule has 14 heteroatoms. The third-order valence-electron chi connectivity index (χ3n) is 11.5. The van der Waals surface area contributed by atoms with Gasteiger partial charge in [0.05, 0.1) is 47.1 Å². The van der Waals surface area contributed by atoms with Crippen LogP contribution in [0.4, 0.5) is 4.39 Å². The van der Waals surface area contributed by atoms with E-state index in [9.17, 15) is 19.8 Å². The number of aliphatic carboxylic acids is 2. The second-order valence-electron chi connectivity index (χ2n) is 15.5. The molecule has 6 heterocycles. The number of benzene rings is 3. The van der Waals surface area contributed by atoms with E-state index >= 15 is 4.39 Å². The van der Waals surface area contributed by atoms with Gasteiger partial charge in [0.2, 0.25) is 0 Å². The highest BCUT2D eigenvalue weighted by atomic mass is 19.1. The Morgan fingerprint density at radius 2 is 1.35 bits per heavy atom. The van der Waals surface area contributed by atoms with Crippen molar-refractivity contribution in [2.24, 2.45) is 7.05 Å². The lowest BCUT2D eigenvalue weighted by molar-refractivity contribution is -0.140. The van der Waals surface area contributed by atoms with Gasteiger partial charge in [0.25, 0.3) is 0 Å². The van der Waals surface area contributed by atoms with Crippen LogP contribution in [0.1, 0.15) is 91.4 Å². The summed E-state index contributed by atoms with van der Waals surface area (Å²) in [6.07, 6.45) is 7.61. The number of halogens is 1. The molecule has 0 radical (unpaired) electrons. The second-order valence-corrected chi connectivity index (χ2v) is 15.5. The quantitative estimate of drug-likeness (QED) is 0.136. The van der Waals surface area contributed by atoms with E-state index in [0.29, 0.717) is 77.5 Å². The van der Waals surface area contributed by atoms with Gasteiger partial charge in [-0.25, -0.2) is 23.4 Å². The topological polar surface area (TPSA) is 162 Å². The third kappa shape index (κ3) is 6.89. The number of carboxylic acids is 2. The van der Waals surface area contributed by atoms with Crippen LogP contribution in [0.25, 0.3) is 55.6 Å². The summed E-state index contributed by atoms with van der Waals surface area (Å²) in [5.41, 5.74) is 10.1. The molecule has 0 spiro atoms. The molecule has 3 aromatic carbocycles. The Morgan fingerprint density at radius 1 is 0.817 bits per heavy atom. The van der Waals surface area contributed by atoms with Crippen LogP contribution in [0.5, 0.6) is 5.75 Å². The molecule has 8 aromatic rings. The van der Waals surface area contributed by atoms with Gasteiger partial charge >= 0.3 is 11.9 Å². The Hall–Kier alpha value is -6.70. The van der Waals surface area contributed by atoms with Gasteiger partial charge in [0.15, 0.2) is 22.9 Å². The molecule has 0 saturated carbocycles. The summed E-state index contributed by atoms with van der Waals surface area (Å²) < 4.78 is 26.1. The van der Waals surface area contributed by atoms with Crippen molar-refractivity contribution in [2.45, 2.75) is 85.0 Å². The number of hydrogen-bond donors (Lipinski definition) is 2. The van der Waals surface area contributed by atoms with Gasteiger partial charge in [0, 0.05) is 63.2 Å². The van der Waals surface area contributed by atoms with Crippen molar-refractivity contribution in [1.29, 1.82) is 0 Å². The van der Waals surface area contributed by atoms with Crippen molar-refractivity contribution in [3.63, 3.8) is 0 Å². The molecule has 1 aliphatic heterocycles. The molecule has 2 N–H and O–H groups in total. The van der Waals surface area contributed by atoms with E-state index in [1.54, 1.807) is 19.9 Å². The van der Waals surface area contributed by atoms with E-state index in [1.807, 2.05) is 96.4 Å². The van der Waals surface area contributed by atoms with Gasteiger partial charge in [-0.2, -0.15) is 15.3 Å². The smallest absolute Gasteiger partial charge is 0.311 e. The average molecular weight is 811 g/mol. The molecule has 5 aromatic heterocycles. The molecule has 0 fully saturated rings. The monoisotopic (exact) mass is 810 g/mol. The summed E-state index contributed by atoms with van der Waals surface area (Å²) in [5, 5.41) is 35.6. The minimum atomic E-state index is -0.918. The first-order valence-electron chi connectivity index (χ1n) is 20.4. The van der Waals surface area contributed by atoms with Crippen LogP contribution in [0.3, 0.4) is 0 Å². The minimum absolute atomic E-state index is 0.306. The normalized spacial score (nSPS) is 13.6. The van der Waals surface area contributed by atoms with E-state index in [4.69, 9.17) is 24.9 Å². The Morgan fingerprint density at radius 3 is 1.87 bits per heavy atom. The molecule has 308 valence electrons. The Balaban J connectivity index is 0.000000170. The predicted octanol–water partition coefficient (Wildman–Crippen LogP) is 9.16. The SMILES string of the molecule is CCCC(C(=O)O)c1c(C)nc2c3ccccc3nn2c1-c1cc(F)c2c(c1C)CCCO2.CCCC(C(=O)O)c1c(C)nc2c3ccccc3nn2c1-c1cnn(C)c1. The largest absolute Gasteiger partial charge is 0.490 e. The molecule has 9 rings (SSSR count). The summed E-state index contributed by atoms with van der Waals surface area (Å²) in [4.78, 5) is 34.0. The molecule has 1 aliphatic rings. The Labute approximate surface area is 345 Å². The van der Waals surface area contributed by atoms with Crippen molar-refractivity contribution in [1.82, 2.24) is 39.0 Å². The lowest BCUT2D eigenvalue weighted by Gasteiger charge is -2.25. The van der Waals surface area contributed by atoms with Crippen LogP contribution in [0, 0.1) is 26.6 Å². The van der Waals surface area contributed by atoms with Gasteiger partial charge in [0.1, 0.15) is 0 Å². The summed E-state index contributed by atoms with van der Waals surface area (Å²) in [7, 11) is 1.84. The first-order valence-corrected chi connectivity index (χ1v) is 20.4. The van der Waals surface area contributed by atoms with Gasteiger partial charge in [-0.3, -0.25) is 14.3 Å². The van der Waals surface area contributed by atoms with Crippen molar-refractivity contribution in [2.75, 3.05) is 6.61 Å². The van der Waals surface area contributed by atoms with Crippen LogP contribution < -0.4 is 4.74 Å². The standard InChI is InChI=1S/C26H26FN3O3.C20H21N5O2/c1-4-8-18(26(31)32)22-15(3)28-25-17-9-5-6-11-21(17)29-30(25)23(22)19-13-20(27)24-16(14(19)2)10-7-12-33-24;1-4-7-15(20(26)27)17-12(2)22-19-14-8-5-6-9-16(14)23-25(19)18(17)13-10-21-24(3)11-13/h5-6,9,11,13,18H,4,7-8,10,12H2,1-3H3,(H,31,32);5-6,8-11,15H,4,7H2,1-3H3,(H,26,27). The number of aromatic nitrogens is 8. The fourth-order valence-electron chi connectivity index (χ4n) is 8.75. The van der Waals surface area contributed by atoms with Gasteiger partial charge in [-0.15, -0.1) is 0 Å². The first kappa shape index (κ1) is 40.1. The van der Waals surface area contributed by atoms with Crippen LogP contribution in [0.15, 0.2) is 67.0 Å². The fraction of sp³-hybridized carbons (Fsp3) is 0.326. The number of fused-ring (bicyclic) bond motifs is 7. The highest BCUT2D eigenvalue weighted by Crippen LogP contribution is 2.42. The van der Waals surface area contributed by atoms with E-state index in [1.165, 1.54) is 6.07 Å². The molecule has 0 bridgehead atoms. The molecule has 0 aliphatic carbocycles. The molecule has 0 amide bonds. The lowest BCUT2D eigenvalue weighted by Crippen LogP contribution is -2.18. The highest BCUT2D eigenvalue weighted by molar-refractivity contribution is 5.95. The molecule has 60 heavy (non-hydrogen) atoms. The maximum atomic E-state index is 15.3. The van der Waals surface area contributed by atoms with Gasteiger partial charge in [-0.1, -0.05) is 51.0 Å². The summed E-state index contributed by atoms with van der Waals surface area (Å²) >= 11 is 0. The van der Waals surface area contributed by atoms with E-state index in [2.05, 4.69) is 5.10 Å². The number of rotatable bonds is 10. The first-order chi connectivity index (χ1) is 28.9. The molecule has 2 unspecified atom stereocenters. The van der Waals surface area contributed by atoms with Crippen LogP contribution in [-0.2, 0) is 23.1 Å². The summed E-state index contributed by atoms with van der Waals surface area (Å²) in [6, 6.07) is 16.9. The number of nitrogens with zero attached hydrogens (tertiary/aromatic N) is 8. The van der Waals surface area contributed by atoms with Crippen molar-refractivity contribution >= 4 is 45.0 Å². The predicted molar refractivity (Wildman–Crippen MR) is 227 cm³/mol. The zero-order chi connectivity index (χ0) is 42.4. The maximum absolute atomic E-state index is 15.3. The number of hydrogen-bond acceptors (Lipinski definition) is 8. The Bertz CT molecular complexity index is 2970. The van der Waals surface area contributed by atoms with Crippen LogP contribution in [-0.4, -0.2) is 67.7 Å². The molecule has 13 nitrogen and oxygen atoms in total. The highest BCUT2D eigenvalue weighted by Gasteiger charge is 2.32. The van der Waals surface area contributed by atoms with Gasteiger partial charge in [-0.05, 0) is 82.3 Å². The van der Waals surface area contributed by atoms with E-state index in [0.717, 1.165) is 62.7 Å². The molecular formula is C46H47FN8O5. The van der Waals surface area contributed by atoms with Crippen molar-refractivity contribution in [3.05, 3.63) is 106 Å². The van der Waals surface area contributed by atoms with Crippen LogP contribution >= 0.6 is 0 Å². The lowest BCUT2D eigenvalue weighted by atomic mass is 9.86. The van der Waals surface area contributed by atoms with E-state index in [-0.39, 0.29) is 0 Å². The number of aryl methyl sites for hydroxylation is 3. The van der Waals surface area contributed by atoms with Crippen LogP contribution in [0.2, 0.25) is 0 Å². The van der Waals surface area contributed by atoms with Crippen molar-refractivity contribution in [3.8, 4) is 28.3 Å². The third-order valence-corrected chi connectivity index (χ3v) is 11.5. The average Bonchev–Trinajstić information content (AvgIpc) is 3.94. The summed E-state index contributed by atoms with van der Waals surface area (Å²) in [6.45, 7) is 10.1. The van der Waals surface area contributed by atoms with E-state index < -0.39 is 29.6 Å². The molecular weight excluding hydrogens is 764 g/mol. The van der Waals surface area contributed by atoms with Gasteiger partial charge < -0.3 is 14.9 Å². The number of ether oxygens (including phenoxy) is 1. The van der Waals surface area contributed by atoms with Crippen molar-refractivity contribution < 1.29 is 28.9 Å². The Kier molecular flexibility index (Phi) is 10.8. The zero-order valence-corrected chi connectivity index (χ0v) is 34.5. The minimum Gasteiger partial charge on any atom is -0.490 e. The molecule has 2 atom stereocenters. The fourth-order valence-corrected chi connectivity index (χ4v) is 8.75. The number of carboxylic acid groups (broad SMARTS) is 2.